The topological polar surface area (TPSA) is 29.5 Å². The molecule has 1 unspecified atom stereocenters. The molecule has 3 heteroatoms. The van der Waals surface area contributed by atoms with Gasteiger partial charge in [-0.25, -0.2) is 0 Å². The van der Waals surface area contributed by atoms with Crippen molar-refractivity contribution < 1.29 is 9.84 Å². The number of alkyl halides is 1. The molecule has 1 atom stereocenters. The molecule has 2 nitrogen and oxygen atoms in total. The van der Waals surface area contributed by atoms with Crippen molar-refractivity contribution in [2.75, 3.05) is 11.0 Å². The zero-order valence-electron chi connectivity index (χ0n) is 9.70. The lowest BCUT2D eigenvalue weighted by Crippen LogP contribution is -2.52. The van der Waals surface area contributed by atoms with Crippen molar-refractivity contribution in [3.63, 3.8) is 0 Å². The average Bonchev–Trinajstić information content (AvgIpc) is 2.24. The summed E-state index contributed by atoms with van der Waals surface area (Å²) in [4.78, 5) is 0. The van der Waals surface area contributed by atoms with Crippen molar-refractivity contribution >= 4 is 22.6 Å². The summed E-state index contributed by atoms with van der Waals surface area (Å²) in [5.41, 5.74) is 0.168. The van der Waals surface area contributed by atoms with Gasteiger partial charge in [0.25, 0.3) is 0 Å². The van der Waals surface area contributed by atoms with Crippen LogP contribution in [-0.2, 0) is 4.74 Å². The van der Waals surface area contributed by atoms with E-state index in [4.69, 9.17) is 4.74 Å². The van der Waals surface area contributed by atoms with Crippen LogP contribution in [0.5, 0.6) is 0 Å². The second-order valence-electron chi connectivity index (χ2n) is 6.22. The van der Waals surface area contributed by atoms with Crippen molar-refractivity contribution in [3.05, 3.63) is 0 Å². The molecular formula is C13H21IO2. The Balaban J connectivity index is 1.64. The van der Waals surface area contributed by atoms with Crippen LogP contribution < -0.4 is 0 Å². The van der Waals surface area contributed by atoms with E-state index >= 15 is 0 Å². The summed E-state index contributed by atoms with van der Waals surface area (Å²) in [5.74, 6) is 2.80. The molecule has 4 aliphatic carbocycles. The van der Waals surface area contributed by atoms with E-state index in [2.05, 4.69) is 22.6 Å². The van der Waals surface area contributed by atoms with E-state index in [1.54, 1.807) is 0 Å². The lowest BCUT2D eigenvalue weighted by molar-refractivity contribution is -0.173. The first-order valence-electron chi connectivity index (χ1n) is 6.57. The maximum absolute atomic E-state index is 9.63. The third kappa shape index (κ3) is 2.15. The molecule has 0 aromatic rings. The number of ether oxygens (including phenoxy) is 1. The summed E-state index contributed by atoms with van der Waals surface area (Å²) in [6.45, 7) is 0.551. The second-order valence-corrected chi connectivity index (χ2v) is 7.10. The van der Waals surface area contributed by atoms with E-state index in [1.165, 1.54) is 38.5 Å². The van der Waals surface area contributed by atoms with E-state index in [0.29, 0.717) is 6.61 Å². The number of aliphatic hydroxyl groups excluding tert-OH is 1. The Bertz CT molecular complexity index is 231. The van der Waals surface area contributed by atoms with Gasteiger partial charge < -0.3 is 9.84 Å². The van der Waals surface area contributed by atoms with Gasteiger partial charge in [-0.05, 0) is 56.3 Å². The van der Waals surface area contributed by atoms with Crippen molar-refractivity contribution in [2.45, 2.75) is 50.2 Å². The average molecular weight is 336 g/mol. The van der Waals surface area contributed by atoms with Gasteiger partial charge in [0.1, 0.15) is 0 Å². The largest absolute Gasteiger partial charge is 0.390 e. The molecule has 92 valence electrons. The highest BCUT2D eigenvalue weighted by Crippen LogP contribution is 2.57. The van der Waals surface area contributed by atoms with E-state index in [0.717, 1.165) is 22.2 Å². The predicted molar refractivity (Wildman–Crippen MR) is 71.7 cm³/mol. The van der Waals surface area contributed by atoms with E-state index in [-0.39, 0.29) is 11.7 Å². The second kappa shape index (κ2) is 4.39. The lowest BCUT2D eigenvalue weighted by atomic mass is 9.54. The van der Waals surface area contributed by atoms with Crippen LogP contribution in [0.25, 0.3) is 0 Å². The van der Waals surface area contributed by atoms with Crippen molar-refractivity contribution in [1.82, 2.24) is 0 Å². The van der Waals surface area contributed by atoms with Crippen LogP contribution in [0.2, 0.25) is 0 Å². The zero-order chi connectivity index (χ0) is 11.2. The first kappa shape index (κ1) is 11.7. The van der Waals surface area contributed by atoms with E-state index < -0.39 is 0 Å². The molecule has 4 rings (SSSR count). The molecular weight excluding hydrogens is 315 g/mol. The van der Waals surface area contributed by atoms with Gasteiger partial charge in [-0.15, -0.1) is 0 Å². The summed E-state index contributed by atoms with van der Waals surface area (Å²) in [6, 6.07) is 0. The van der Waals surface area contributed by atoms with Crippen molar-refractivity contribution in [3.8, 4) is 0 Å². The maximum Gasteiger partial charge on any atom is 0.0863 e. The van der Waals surface area contributed by atoms with Gasteiger partial charge in [0.05, 0.1) is 18.3 Å². The minimum absolute atomic E-state index is 0.168. The molecule has 0 aromatic carbocycles. The van der Waals surface area contributed by atoms with Crippen LogP contribution in [0, 0.1) is 17.8 Å². The quantitative estimate of drug-likeness (QED) is 0.632. The molecule has 0 spiro atoms. The summed E-state index contributed by atoms with van der Waals surface area (Å²) in [6.07, 6.45) is 7.91. The fraction of sp³-hybridized carbons (Fsp3) is 1.00. The Morgan fingerprint density at radius 1 is 1.12 bits per heavy atom. The predicted octanol–water partition coefficient (Wildman–Crippen LogP) is 2.77. The Hall–Kier alpha value is 0.650. The fourth-order valence-electron chi connectivity index (χ4n) is 4.53. The molecule has 1 N–H and O–H groups in total. The smallest absolute Gasteiger partial charge is 0.0863 e. The third-order valence-corrected chi connectivity index (χ3v) is 5.76. The third-order valence-electron chi connectivity index (χ3n) is 4.74. The molecule has 4 bridgehead atoms. The van der Waals surface area contributed by atoms with Gasteiger partial charge in [-0.2, -0.15) is 0 Å². The van der Waals surface area contributed by atoms with Crippen LogP contribution in [-0.4, -0.2) is 27.8 Å². The highest BCUT2D eigenvalue weighted by Gasteiger charge is 2.51. The number of halogens is 1. The highest BCUT2D eigenvalue weighted by molar-refractivity contribution is 14.1. The van der Waals surface area contributed by atoms with Crippen LogP contribution in [0.3, 0.4) is 0 Å². The molecule has 0 aliphatic heterocycles. The van der Waals surface area contributed by atoms with Crippen molar-refractivity contribution in [2.24, 2.45) is 17.8 Å². The summed E-state index contributed by atoms with van der Waals surface area (Å²) >= 11 is 2.23. The van der Waals surface area contributed by atoms with Gasteiger partial charge in [-0.1, -0.05) is 22.6 Å². The van der Waals surface area contributed by atoms with Gasteiger partial charge >= 0.3 is 0 Å². The molecule has 16 heavy (non-hydrogen) atoms. The molecule has 0 heterocycles. The first-order chi connectivity index (χ1) is 7.69. The van der Waals surface area contributed by atoms with Crippen LogP contribution in [0.4, 0.5) is 0 Å². The van der Waals surface area contributed by atoms with Gasteiger partial charge in [-0.3, -0.25) is 0 Å². The SMILES string of the molecule is OC(CI)COC12CC3CC(CC(C3)C1)C2. The molecule has 4 saturated carbocycles. The lowest BCUT2D eigenvalue weighted by Gasteiger charge is -2.56. The van der Waals surface area contributed by atoms with E-state index in [1.807, 2.05) is 0 Å². The standard InChI is InChI=1S/C13H21IO2/c14-7-12(15)8-16-13-4-9-1-10(5-13)3-11(2-9)6-13/h9-12,15H,1-8H2. The minimum Gasteiger partial charge on any atom is -0.390 e. The van der Waals surface area contributed by atoms with Gasteiger partial charge in [0.15, 0.2) is 0 Å². The Labute approximate surface area is 111 Å². The Morgan fingerprint density at radius 2 is 1.62 bits per heavy atom. The monoisotopic (exact) mass is 336 g/mol. The first-order valence-corrected chi connectivity index (χ1v) is 8.10. The van der Waals surface area contributed by atoms with Crippen molar-refractivity contribution in [1.29, 1.82) is 0 Å². The van der Waals surface area contributed by atoms with Gasteiger partial charge in [0.2, 0.25) is 0 Å². The summed E-state index contributed by atoms with van der Waals surface area (Å²) < 4.78 is 6.92. The normalized spacial score (nSPS) is 47.2. The Kier molecular flexibility index (Phi) is 3.22. The number of hydrogen-bond donors (Lipinski definition) is 1. The van der Waals surface area contributed by atoms with Crippen LogP contribution in [0.15, 0.2) is 0 Å². The molecule has 0 amide bonds. The van der Waals surface area contributed by atoms with Crippen LogP contribution >= 0.6 is 22.6 Å². The molecule has 0 radical (unpaired) electrons. The number of rotatable bonds is 4. The highest BCUT2D eigenvalue weighted by atomic mass is 127. The zero-order valence-corrected chi connectivity index (χ0v) is 11.9. The van der Waals surface area contributed by atoms with E-state index in [9.17, 15) is 5.11 Å². The minimum atomic E-state index is -0.270. The fourth-order valence-corrected chi connectivity index (χ4v) is 4.78. The molecule has 0 saturated heterocycles. The molecule has 4 aliphatic rings. The summed E-state index contributed by atoms with van der Waals surface area (Å²) in [7, 11) is 0. The maximum atomic E-state index is 9.63. The number of aliphatic hydroxyl groups is 1. The van der Waals surface area contributed by atoms with Gasteiger partial charge in [0, 0.05) is 4.43 Å². The number of hydrogen-bond acceptors (Lipinski definition) is 2. The Morgan fingerprint density at radius 3 is 2.06 bits per heavy atom. The summed E-state index contributed by atoms with van der Waals surface area (Å²) in [5, 5.41) is 9.63. The molecule has 4 fully saturated rings. The molecule has 0 aromatic heterocycles. The van der Waals surface area contributed by atoms with Crippen LogP contribution in [0.1, 0.15) is 38.5 Å².